The van der Waals surface area contributed by atoms with Gasteiger partial charge in [-0.15, -0.1) is 0 Å². The van der Waals surface area contributed by atoms with Crippen molar-refractivity contribution in [3.63, 3.8) is 0 Å². The first-order chi connectivity index (χ1) is 24.1. The van der Waals surface area contributed by atoms with E-state index >= 15 is 0 Å². The number of aryl methyl sites for hydroxylation is 1. The molecule has 2 heterocycles. The summed E-state index contributed by atoms with van der Waals surface area (Å²) >= 11 is 6.30. The van der Waals surface area contributed by atoms with Gasteiger partial charge in [-0.1, -0.05) is 37.6 Å². The van der Waals surface area contributed by atoms with Gasteiger partial charge in [-0.3, -0.25) is 15.1 Å². The second-order valence-corrected chi connectivity index (χ2v) is 13.5. The van der Waals surface area contributed by atoms with Crippen LogP contribution in [0.25, 0.3) is 10.9 Å². The molecule has 3 aliphatic rings. The molecule has 0 saturated heterocycles. The van der Waals surface area contributed by atoms with Crippen LogP contribution >= 0.6 is 11.6 Å². The van der Waals surface area contributed by atoms with Crippen LogP contribution in [0.4, 0.5) is 11.4 Å². The molecule has 0 radical (unpaired) electrons. The highest BCUT2D eigenvalue weighted by molar-refractivity contribution is 6.31. The van der Waals surface area contributed by atoms with Crippen molar-refractivity contribution in [2.45, 2.75) is 97.5 Å². The number of hydrogen-bond donors (Lipinski definition) is 2. The van der Waals surface area contributed by atoms with Gasteiger partial charge in [0.1, 0.15) is 6.10 Å². The van der Waals surface area contributed by atoms with Crippen molar-refractivity contribution >= 4 is 45.8 Å². The van der Waals surface area contributed by atoms with Crippen LogP contribution in [0.5, 0.6) is 0 Å². The first-order valence-electron chi connectivity index (χ1n) is 17.7. The van der Waals surface area contributed by atoms with Crippen molar-refractivity contribution in [2.75, 3.05) is 19.0 Å². The van der Waals surface area contributed by atoms with E-state index in [-0.39, 0.29) is 22.9 Å². The number of hydrogen-bond acceptors (Lipinski definition) is 9. The van der Waals surface area contributed by atoms with E-state index < -0.39 is 22.8 Å². The molecule has 2 N–H and O–H groups in total. The number of nitrogens with zero attached hydrogens (tertiary/aromatic N) is 2. The summed E-state index contributed by atoms with van der Waals surface area (Å²) in [6, 6.07) is 11.9. The molecular formula is C39H47ClN4O6. The number of halogens is 1. The summed E-state index contributed by atoms with van der Waals surface area (Å²) in [6.07, 6.45) is 8.43. The van der Waals surface area contributed by atoms with Gasteiger partial charge in [-0.2, -0.15) is 0 Å². The summed E-state index contributed by atoms with van der Waals surface area (Å²) in [5.41, 5.74) is 6.47. The lowest BCUT2D eigenvalue weighted by molar-refractivity contribution is -0.384. The summed E-state index contributed by atoms with van der Waals surface area (Å²) in [6.45, 7) is 8.31. The Morgan fingerprint density at radius 3 is 2.40 bits per heavy atom. The van der Waals surface area contributed by atoms with E-state index in [4.69, 9.17) is 26.1 Å². The number of carbonyl (C=O) groups excluding carboxylic acids is 2. The third-order valence-electron chi connectivity index (χ3n) is 9.95. The second-order valence-electron chi connectivity index (χ2n) is 13.0. The zero-order chi connectivity index (χ0) is 35.9. The predicted octanol–water partition coefficient (Wildman–Crippen LogP) is 8.71. The van der Waals surface area contributed by atoms with E-state index in [1.54, 1.807) is 26.0 Å². The highest BCUT2D eigenvalue weighted by atomic mass is 35.5. The minimum Gasteiger partial charge on any atom is -0.466 e. The number of esters is 2. The molecule has 0 bridgehead atoms. The van der Waals surface area contributed by atoms with Crippen molar-refractivity contribution < 1.29 is 24.0 Å². The molecule has 3 aromatic rings. The highest BCUT2D eigenvalue weighted by Crippen LogP contribution is 2.41. The highest BCUT2D eigenvalue weighted by Gasteiger charge is 2.39. The Kier molecular flexibility index (Phi) is 12.2. The lowest BCUT2D eigenvalue weighted by Gasteiger charge is -2.33. The van der Waals surface area contributed by atoms with Crippen LogP contribution in [0, 0.1) is 16.0 Å². The van der Waals surface area contributed by atoms with Crippen LogP contribution in [0.15, 0.2) is 65.0 Å². The average Bonchev–Trinajstić information content (AvgIpc) is 3.12. The van der Waals surface area contributed by atoms with Crippen LogP contribution in [0.2, 0.25) is 5.02 Å². The molecular weight excluding hydrogens is 656 g/mol. The molecule has 1 aliphatic heterocycles. The van der Waals surface area contributed by atoms with E-state index in [9.17, 15) is 19.7 Å². The van der Waals surface area contributed by atoms with Crippen molar-refractivity contribution in [1.29, 1.82) is 0 Å². The number of aromatic nitrogens is 1. The molecule has 0 spiro atoms. The Hall–Kier alpha value is -4.44. The molecule has 1 unspecified atom stereocenters. The van der Waals surface area contributed by atoms with Crippen molar-refractivity contribution in [3.8, 4) is 0 Å². The van der Waals surface area contributed by atoms with Gasteiger partial charge in [0.2, 0.25) is 0 Å². The van der Waals surface area contributed by atoms with Gasteiger partial charge in [0.25, 0.3) is 5.69 Å². The normalized spacial score (nSPS) is 20.2. The van der Waals surface area contributed by atoms with Gasteiger partial charge in [0.15, 0.2) is 0 Å². The van der Waals surface area contributed by atoms with Crippen LogP contribution in [0.1, 0.15) is 95.4 Å². The largest absolute Gasteiger partial charge is 0.466 e. The third-order valence-corrected chi connectivity index (χ3v) is 10.2. The molecule has 0 amide bonds. The predicted molar refractivity (Wildman–Crippen MR) is 196 cm³/mol. The van der Waals surface area contributed by atoms with Gasteiger partial charge in [-0.05, 0) is 107 Å². The number of methoxy groups -OCH3 is 1. The minimum absolute atomic E-state index is 0.132. The maximum atomic E-state index is 13.8. The van der Waals surface area contributed by atoms with E-state index in [0.29, 0.717) is 27.9 Å². The zero-order valence-corrected chi connectivity index (χ0v) is 30.3. The van der Waals surface area contributed by atoms with E-state index in [1.165, 1.54) is 42.6 Å². The Morgan fingerprint density at radius 1 is 1.00 bits per heavy atom. The van der Waals surface area contributed by atoms with Crippen LogP contribution in [-0.4, -0.2) is 41.6 Å². The lowest BCUT2D eigenvalue weighted by atomic mass is 9.80. The topological polar surface area (TPSA) is 133 Å². The molecule has 266 valence electrons. The molecule has 2 aromatic carbocycles. The number of carbonyl (C=O) groups is 2. The zero-order valence-electron chi connectivity index (χ0n) is 29.6. The molecule has 1 fully saturated rings. The Labute approximate surface area is 298 Å². The summed E-state index contributed by atoms with van der Waals surface area (Å²) in [5.74, 6) is -1.53. The number of benzene rings is 2. The molecule has 10 nitrogen and oxygen atoms in total. The molecule has 1 saturated carbocycles. The first-order valence-corrected chi connectivity index (χ1v) is 18.1. The van der Waals surface area contributed by atoms with Crippen LogP contribution in [-0.2, 0) is 31.9 Å². The number of allylic oxidation sites excluding steroid dienone is 2. The standard InChI is InChI=1S/C37H41ClN4O6.C2H6/c1-21-32(36(43)47-3)34(24-7-6-8-26(19-24)42(45)46)33(22(2)40-21)37(44)48-27-14-11-23(12-15-27)17-18-39-35-28-9-4-5-10-30(28)41-31-20-25(38)13-16-29(31)35;1-2/h6-8,13,16,19-20,23,27,34,40H,4-5,9-12,14-15,17-18H2,1-3H3,(H,39,41);1-2H3. The summed E-state index contributed by atoms with van der Waals surface area (Å²) in [5, 5.41) is 20.3. The fourth-order valence-corrected chi connectivity index (χ4v) is 7.72. The number of pyridine rings is 1. The number of dihydropyridines is 1. The third kappa shape index (κ3) is 7.96. The number of ether oxygens (including phenoxy) is 2. The number of non-ortho nitro benzene ring substituents is 1. The summed E-state index contributed by atoms with van der Waals surface area (Å²) in [4.78, 5) is 42.8. The molecule has 1 aromatic heterocycles. The number of rotatable bonds is 9. The Bertz CT molecular complexity index is 1830. The minimum atomic E-state index is -0.875. The molecule has 50 heavy (non-hydrogen) atoms. The molecule has 2 aliphatic carbocycles. The quantitative estimate of drug-likeness (QED) is 0.128. The Morgan fingerprint density at radius 2 is 1.70 bits per heavy atom. The average molecular weight is 703 g/mol. The second kappa shape index (κ2) is 16.5. The van der Waals surface area contributed by atoms with Crippen molar-refractivity contribution in [1.82, 2.24) is 10.3 Å². The van der Waals surface area contributed by atoms with Gasteiger partial charge < -0.3 is 20.1 Å². The fraction of sp³-hybridized carbons (Fsp3) is 0.462. The van der Waals surface area contributed by atoms with E-state index in [0.717, 1.165) is 68.8 Å². The smallest absolute Gasteiger partial charge is 0.337 e. The van der Waals surface area contributed by atoms with Crippen LogP contribution in [0.3, 0.4) is 0 Å². The number of anilines is 1. The summed E-state index contributed by atoms with van der Waals surface area (Å²) < 4.78 is 11.2. The fourth-order valence-electron chi connectivity index (χ4n) is 7.55. The Balaban J connectivity index is 0.00000239. The maximum absolute atomic E-state index is 13.8. The van der Waals surface area contributed by atoms with Crippen molar-refractivity contribution in [3.05, 3.63) is 97.0 Å². The van der Waals surface area contributed by atoms with Gasteiger partial charge in [0, 0.05) is 51.9 Å². The summed E-state index contributed by atoms with van der Waals surface area (Å²) in [7, 11) is 1.27. The van der Waals surface area contributed by atoms with E-state index in [1.807, 2.05) is 26.0 Å². The van der Waals surface area contributed by atoms with Crippen LogP contribution < -0.4 is 10.6 Å². The number of nitro groups is 1. The number of nitro benzene ring substituents is 1. The number of nitrogens with one attached hydrogen (secondary N) is 2. The lowest BCUT2D eigenvalue weighted by Crippen LogP contribution is -2.34. The number of fused-ring (bicyclic) bond motifs is 2. The van der Waals surface area contributed by atoms with Gasteiger partial charge in [-0.25, -0.2) is 9.59 Å². The SMILES string of the molecule is CC.COC(=O)C1=C(C)NC(C)=C(C(=O)OC2CCC(CCNc3c4c(nc5cc(Cl)ccc35)CCCC4)CC2)C1c1cccc([N+](=O)[O-])c1. The maximum Gasteiger partial charge on any atom is 0.337 e. The van der Waals surface area contributed by atoms with Gasteiger partial charge in [0.05, 0.1) is 34.6 Å². The molecule has 1 atom stereocenters. The molecule has 6 rings (SSSR count). The van der Waals surface area contributed by atoms with E-state index in [2.05, 4.69) is 16.7 Å². The van der Waals surface area contributed by atoms with Gasteiger partial charge >= 0.3 is 11.9 Å². The molecule has 11 heteroatoms. The van der Waals surface area contributed by atoms with Crippen molar-refractivity contribution in [2.24, 2.45) is 5.92 Å². The first kappa shape index (κ1) is 36.8. The monoisotopic (exact) mass is 702 g/mol.